The zero-order valence-corrected chi connectivity index (χ0v) is 33.0. The van der Waals surface area contributed by atoms with Gasteiger partial charge in [0.1, 0.15) is 11.7 Å². The molecule has 2 saturated carbocycles. The van der Waals surface area contributed by atoms with Crippen LogP contribution in [0.15, 0.2) is 52.9 Å². The van der Waals surface area contributed by atoms with E-state index in [1.807, 2.05) is 48.5 Å². The molecule has 1 aliphatic heterocycles. The number of thioether (sulfide) groups is 1. The first-order valence-electron chi connectivity index (χ1n) is 16.6. The molecule has 9 nitrogen and oxygen atoms in total. The Kier molecular flexibility index (Phi) is 20.6. The molecular formula is C35H45Cl3N6O3S4. The molecule has 3 N–H and O–H groups in total. The minimum atomic E-state index is -0.0337. The molecule has 2 aromatic heterocycles. The van der Waals surface area contributed by atoms with Crippen LogP contribution in [0.25, 0.3) is 22.8 Å². The molecule has 16 heteroatoms. The second-order valence-corrected chi connectivity index (χ2v) is 16.2. The number of hydrogen-bond acceptors (Lipinski definition) is 10. The van der Waals surface area contributed by atoms with Crippen LogP contribution >= 0.6 is 81.8 Å². The topological polar surface area (TPSA) is 122 Å². The highest BCUT2D eigenvalue weighted by Gasteiger charge is 2.18. The van der Waals surface area contributed by atoms with Crippen molar-refractivity contribution >= 4 is 93.7 Å². The van der Waals surface area contributed by atoms with Gasteiger partial charge in [0.15, 0.2) is 14.1 Å². The highest BCUT2D eigenvalue weighted by atomic mass is 35.5. The van der Waals surface area contributed by atoms with Crippen LogP contribution in [0.2, 0.25) is 10.0 Å². The van der Waals surface area contributed by atoms with E-state index in [4.69, 9.17) is 51.8 Å². The van der Waals surface area contributed by atoms with Crippen molar-refractivity contribution in [1.29, 1.82) is 0 Å². The third kappa shape index (κ3) is 16.6. The summed E-state index contributed by atoms with van der Waals surface area (Å²) in [6.45, 7) is 2.00. The third-order valence-corrected chi connectivity index (χ3v) is 11.3. The van der Waals surface area contributed by atoms with Gasteiger partial charge in [0, 0.05) is 46.5 Å². The largest absolute Gasteiger partial charge is 0.381 e. The molecule has 0 unspecified atom stereocenters. The van der Waals surface area contributed by atoms with E-state index in [-0.39, 0.29) is 25.1 Å². The lowest BCUT2D eigenvalue weighted by atomic mass is 10.2. The van der Waals surface area contributed by atoms with E-state index in [0.717, 1.165) is 65.2 Å². The third-order valence-electron chi connectivity index (χ3n) is 7.78. The number of amides is 2. The van der Waals surface area contributed by atoms with Gasteiger partial charge >= 0.3 is 0 Å². The van der Waals surface area contributed by atoms with Crippen LogP contribution in [-0.4, -0.2) is 67.5 Å². The zero-order valence-electron chi connectivity index (χ0n) is 27.5. The lowest BCUT2D eigenvalue weighted by Gasteiger charge is -2.10. The summed E-state index contributed by atoms with van der Waals surface area (Å²) in [5, 5.41) is 7.35. The number of alkyl halides is 1. The predicted octanol–water partition coefficient (Wildman–Crippen LogP) is 10.2. The molecule has 3 heterocycles. The maximum absolute atomic E-state index is 11.9. The summed E-state index contributed by atoms with van der Waals surface area (Å²) in [5.41, 5.74) is 1.93. The molecule has 2 amide bonds. The van der Waals surface area contributed by atoms with Gasteiger partial charge in [-0.05, 0) is 122 Å². The lowest BCUT2D eigenvalue weighted by Crippen LogP contribution is -2.33. The number of H-pyrrole nitrogens is 1. The summed E-state index contributed by atoms with van der Waals surface area (Å²) >= 11 is 26.0. The fourth-order valence-corrected chi connectivity index (χ4v) is 7.71. The van der Waals surface area contributed by atoms with Crippen molar-refractivity contribution in [3.8, 4) is 22.8 Å². The summed E-state index contributed by atoms with van der Waals surface area (Å²) in [5.74, 6) is 2.02. The van der Waals surface area contributed by atoms with Gasteiger partial charge in [-0.15, -0.1) is 11.6 Å². The minimum Gasteiger partial charge on any atom is -0.381 e. The quantitative estimate of drug-likeness (QED) is 0.0912. The van der Waals surface area contributed by atoms with Crippen molar-refractivity contribution in [1.82, 2.24) is 29.3 Å². The van der Waals surface area contributed by atoms with E-state index in [9.17, 15) is 9.59 Å². The second-order valence-electron chi connectivity index (χ2n) is 11.7. The number of hydrogen-bond donors (Lipinski definition) is 3. The molecule has 1 saturated heterocycles. The van der Waals surface area contributed by atoms with Crippen LogP contribution in [0.1, 0.15) is 71.6 Å². The number of nitrogens with zero attached hydrogens (tertiary/aromatic N) is 3. The summed E-state index contributed by atoms with van der Waals surface area (Å²) in [6, 6.07) is 15.7. The van der Waals surface area contributed by atoms with Crippen LogP contribution in [0.3, 0.4) is 0 Å². The normalized spacial score (nSPS) is 15.3. The Balaban J connectivity index is 0.000000205. The molecular weight excluding hydrogens is 787 g/mol. The smallest absolute Gasteiger partial charge is 0.235 e. The minimum absolute atomic E-state index is 0. The highest BCUT2D eigenvalue weighted by molar-refractivity contribution is 8.01. The average molecular weight is 832 g/mol. The number of carbonyl (C=O) groups excluding carboxylic acids is 2. The van der Waals surface area contributed by atoms with E-state index in [0.29, 0.717) is 32.6 Å². The van der Waals surface area contributed by atoms with Crippen molar-refractivity contribution < 1.29 is 14.3 Å². The Morgan fingerprint density at radius 3 is 1.82 bits per heavy atom. The number of halogens is 3. The fourth-order valence-electron chi connectivity index (χ4n) is 5.26. The Bertz CT molecular complexity index is 1630. The molecule has 0 spiro atoms. The molecule has 0 atom stereocenters. The van der Waals surface area contributed by atoms with Gasteiger partial charge in [0.25, 0.3) is 0 Å². The Morgan fingerprint density at radius 2 is 1.35 bits per heavy atom. The van der Waals surface area contributed by atoms with Gasteiger partial charge in [-0.2, -0.15) is 4.37 Å². The molecule has 7 rings (SSSR count). The number of aromatic nitrogens is 4. The lowest BCUT2D eigenvalue weighted by molar-refractivity contribution is -0.120. The number of ether oxygens (including phenoxy) is 1. The maximum atomic E-state index is 11.9. The van der Waals surface area contributed by atoms with E-state index in [1.165, 1.54) is 73.4 Å². The summed E-state index contributed by atoms with van der Waals surface area (Å²) < 4.78 is 13.7. The van der Waals surface area contributed by atoms with Crippen LogP contribution in [0.5, 0.6) is 0 Å². The molecule has 278 valence electrons. The first-order valence-corrected chi connectivity index (χ1v) is 20.8. The van der Waals surface area contributed by atoms with E-state index < -0.39 is 0 Å². The van der Waals surface area contributed by atoms with Crippen molar-refractivity contribution in [2.24, 2.45) is 0 Å². The number of nitrogens with one attached hydrogen (secondary N) is 3. The number of aromatic amines is 1. The molecule has 0 bridgehead atoms. The van der Waals surface area contributed by atoms with E-state index >= 15 is 0 Å². The Labute approximate surface area is 333 Å². The first-order chi connectivity index (χ1) is 24.3. The monoisotopic (exact) mass is 830 g/mol. The second kappa shape index (κ2) is 24.3. The van der Waals surface area contributed by atoms with Crippen molar-refractivity contribution in [3.63, 3.8) is 0 Å². The molecule has 2 aliphatic carbocycles. The molecule has 3 fully saturated rings. The highest BCUT2D eigenvalue weighted by Crippen LogP contribution is 2.26. The number of rotatable bonds is 8. The van der Waals surface area contributed by atoms with Crippen molar-refractivity contribution in [2.45, 2.75) is 88.1 Å². The van der Waals surface area contributed by atoms with Crippen molar-refractivity contribution in [2.75, 3.05) is 24.8 Å². The van der Waals surface area contributed by atoms with Gasteiger partial charge in [-0.1, -0.05) is 68.1 Å². The van der Waals surface area contributed by atoms with Gasteiger partial charge in [-0.25, -0.2) is 9.97 Å². The van der Waals surface area contributed by atoms with Crippen LogP contribution in [0.4, 0.5) is 0 Å². The van der Waals surface area contributed by atoms with Crippen LogP contribution in [-0.2, 0) is 14.3 Å². The molecule has 51 heavy (non-hydrogen) atoms. The molecule has 3 aliphatic rings. The van der Waals surface area contributed by atoms with E-state index in [2.05, 4.69) is 29.3 Å². The van der Waals surface area contributed by atoms with Crippen LogP contribution < -0.4 is 10.6 Å². The summed E-state index contributed by atoms with van der Waals surface area (Å²) in [6.07, 6.45) is 12.0. The number of benzene rings is 2. The average Bonchev–Trinajstić information content (AvgIpc) is 3.97. The van der Waals surface area contributed by atoms with Crippen LogP contribution in [0, 0.1) is 3.95 Å². The molecule has 2 aromatic carbocycles. The maximum Gasteiger partial charge on any atom is 0.235 e. The standard InChI is InChI=1S/C15H16ClN3OS2.C8H5ClN2S2.C7H12ClNO.C4H8O.CH4/c16-11-7-5-10(6-8-11)14-18-15(22-19-14)21-9-13(20)17-12-3-1-2-4-12;9-6-3-1-5(2-4-6)7-10-8(12)13-11-7;8-5-7(10)9-6-3-1-2-4-6;1-2-4-5-3-1;/h5-8,12H,1-4,9H2,(H,17,20);1-4H,(H,10,11,12);6H,1-5H2,(H,9,10);1-4H2;1H4. The Hall–Kier alpha value is -2.10. The van der Waals surface area contributed by atoms with Gasteiger partial charge in [0.05, 0.1) is 5.75 Å². The van der Waals surface area contributed by atoms with E-state index in [1.54, 1.807) is 0 Å². The summed E-state index contributed by atoms with van der Waals surface area (Å²) in [7, 11) is 0. The zero-order chi connectivity index (χ0) is 35.6. The van der Waals surface area contributed by atoms with Gasteiger partial charge < -0.3 is 15.4 Å². The number of carbonyl (C=O) groups is 2. The summed E-state index contributed by atoms with van der Waals surface area (Å²) in [4.78, 5) is 31.2. The molecule has 4 aromatic rings. The van der Waals surface area contributed by atoms with Crippen molar-refractivity contribution in [3.05, 3.63) is 62.5 Å². The van der Waals surface area contributed by atoms with Gasteiger partial charge in [0.2, 0.25) is 11.8 Å². The first kappa shape index (κ1) is 43.3. The Morgan fingerprint density at radius 1 is 0.824 bits per heavy atom. The SMILES string of the molecule is C.C1CCOC1.O=C(CCl)NC1CCCC1.O=C(CSc1nc(-c2ccc(Cl)cc2)ns1)NC1CCCC1.S=c1nc(-c2ccc(Cl)cc2)[nH]s1. The predicted molar refractivity (Wildman–Crippen MR) is 217 cm³/mol. The fraction of sp³-hybridized carbons (Fsp3) is 0.486. The molecule has 0 radical (unpaired) electrons. The van der Waals surface area contributed by atoms with Gasteiger partial charge in [-0.3, -0.25) is 14.0 Å².